The van der Waals surface area contributed by atoms with E-state index < -0.39 is 0 Å². The molecule has 3 aromatic rings. The summed E-state index contributed by atoms with van der Waals surface area (Å²) in [6, 6.07) is 2.34. The van der Waals surface area contributed by atoms with Crippen molar-refractivity contribution in [3.8, 4) is 17.5 Å². The van der Waals surface area contributed by atoms with Crippen LogP contribution < -0.4 is 5.32 Å². The molecule has 3 aromatic heterocycles. The van der Waals surface area contributed by atoms with Gasteiger partial charge < -0.3 is 5.32 Å². The Morgan fingerprint density at radius 2 is 2.09 bits per heavy atom. The number of aryl methyl sites for hydroxylation is 2. The fourth-order valence-corrected chi connectivity index (χ4v) is 6.91. The van der Waals surface area contributed by atoms with Crippen LogP contribution in [0.5, 0.6) is 0 Å². The molecule has 0 aliphatic heterocycles. The average molecular weight is 498 g/mol. The monoisotopic (exact) mass is 497 g/mol. The molecule has 1 amide bonds. The zero-order chi connectivity index (χ0) is 23.4. The smallest absolute Gasteiger partial charge is 0.235 e. The van der Waals surface area contributed by atoms with Crippen molar-refractivity contribution >= 4 is 45.3 Å². The van der Waals surface area contributed by atoms with Crippen molar-refractivity contribution in [2.75, 3.05) is 11.1 Å². The first-order chi connectivity index (χ1) is 16.0. The molecule has 1 N–H and O–H groups in total. The van der Waals surface area contributed by atoms with Gasteiger partial charge in [-0.15, -0.1) is 39.4 Å². The van der Waals surface area contributed by atoms with Crippen LogP contribution in [0.2, 0.25) is 0 Å². The maximum absolute atomic E-state index is 12.8. The summed E-state index contributed by atoms with van der Waals surface area (Å²) >= 11 is 4.61. The van der Waals surface area contributed by atoms with Crippen LogP contribution in [0.25, 0.3) is 11.4 Å². The minimum absolute atomic E-state index is 0.136. The van der Waals surface area contributed by atoms with Crippen molar-refractivity contribution < 1.29 is 4.79 Å². The lowest BCUT2D eigenvalue weighted by molar-refractivity contribution is -0.113. The highest BCUT2D eigenvalue weighted by molar-refractivity contribution is 7.99. The SMILES string of the molecule is C=CCn1c(SCC(=O)Nc2sc3c(c2C#N)CCCCCC3)nnc1-c1csc(C)c1C. The number of fused-ring (bicyclic) bond motifs is 1. The van der Waals surface area contributed by atoms with Gasteiger partial charge in [0.2, 0.25) is 5.91 Å². The summed E-state index contributed by atoms with van der Waals surface area (Å²) in [4.78, 5) is 15.3. The zero-order valence-electron chi connectivity index (χ0n) is 18.9. The second kappa shape index (κ2) is 10.7. The third-order valence-corrected chi connectivity index (χ3v) is 9.11. The Morgan fingerprint density at radius 1 is 1.30 bits per heavy atom. The first kappa shape index (κ1) is 23.7. The molecule has 9 heteroatoms. The van der Waals surface area contributed by atoms with Gasteiger partial charge in [-0.2, -0.15) is 5.26 Å². The number of amides is 1. The van der Waals surface area contributed by atoms with Gasteiger partial charge in [-0.25, -0.2) is 0 Å². The van der Waals surface area contributed by atoms with Crippen molar-refractivity contribution in [3.05, 3.63) is 44.5 Å². The van der Waals surface area contributed by atoms with Crippen LogP contribution in [0, 0.1) is 25.2 Å². The van der Waals surface area contributed by atoms with Gasteiger partial charge in [-0.1, -0.05) is 30.7 Å². The Bertz CT molecular complexity index is 1210. The van der Waals surface area contributed by atoms with E-state index in [9.17, 15) is 10.1 Å². The van der Waals surface area contributed by atoms with Gasteiger partial charge in [0.05, 0.1) is 11.3 Å². The highest BCUT2D eigenvalue weighted by atomic mass is 32.2. The van der Waals surface area contributed by atoms with Crippen molar-refractivity contribution in [3.63, 3.8) is 0 Å². The third kappa shape index (κ3) is 5.08. The van der Waals surface area contributed by atoms with Crippen LogP contribution in [0.15, 0.2) is 23.2 Å². The van der Waals surface area contributed by atoms with Crippen molar-refractivity contribution in [1.82, 2.24) is 14.8 Å². The summed E-state index contributed by atoms with van der Waals surface area (Å²) in [5.74, 6) is 0.858. The quantitative estimate of drug-likeness (QED) is 0.313. The van der Waals surface area contributed by atoms with Crippen LogP contribution >= 0.6 is 34.4 Å². The summed E-state index contributed by atoms with van der Waals surface area (Å²) in [6.07, 6.45) is 8.42. The lowest BCUT2D eigenvalue weighted by Crippen LogP contribution is -2.14. The predicted molar refractivity (Wildman–Crippen MR) is 137 cm³/mol. The number of thioether (sulfide) groups is 1. The number of nitrogens with zero attached hydrogens (tertiary/aromatic N) is 4. The Morgan fingerprint density at radius 3 is 2.79 bits per heavy atom. The lowest BCUT2D eigenvalue weighted by Gasteiger charge is -2.09. The van der Waals surface area contributed by atoms with Crippen LogP contribution in [-0.2, 0) is 24.2 Å². The molecular weight excluding hydrogens is 470 g/mol. The van der Waals surface area contributed by atoms with Crippen LogP contribution in [0.3, 0.4) is 0 Å². The zero-order valence-corrected chi connectivity index (χ0v) is 21.4. The highest BCUT2D eigenvalue weighted by Crippen LogP contribution is 2.37. The molecule has 0 fully saturated rings. The van der Waals surface area contributed by atoms with Gasteiger partial charge in [-0.3, -0.25) is 9.36 Å². The molecule has 0 unspecified atom stereocenters. The maximum Gasteiger partial charge on any atom is 0.235 e. The van der Waals surface area contributed by atoms with E-state index in [4.69, 9.17) is 0 Å². The number of hydrogen-bond donors (Lipinski definition) is 1. The van der Waals surface area contributed by atoms with Crippen LogP contribution in [-0.4, -0.2) is 26.4 Å². The standard InChI is InChI=1S/C24H27N5OS3/c1-4-11-29-22(19-13-31-16(3)15(19)2)27-28-24(29)32-14-21(30)26-23-18(12-25)17-9-7-5-6-8-10-20(17)33-23/h4,13H,1,5-11,14H2,2-3H3,(H,26,30). The summed E-state index contributed by atoms with van der Waals surface area (Å²) in [5.41, 5.74) is 4.06. The molecule has 1 aliphatic rings. The van der Waals surface area contributed by atoms with Gasteiger partial charge in [0.25, 0.3) is 0 Å². The van der Waals surface area contributed by atoms with Crippen molar-refractivity contribution in [1.29, 1.82) is 5.26 Å². The number of anilines is 1. The topological polar surface area (TPSA) is 83.6 Å². The van der Waals surface area contributed by atoms with E-state index in [2.05, 4.69) is 47.4 Å². The number of aromatic nitrogens is 3. The fraction of sp³-hybridized carbons (Fsp3) is 0.417. The molecule has 0 spiro atoms. The normalized spacial score (nSPS) is 13.6. The number of thiophene rings is 2. The predicted octanol–water partition coefficient (Wildman–Crippen LogP) is 6.13. The molecule has 3 heterocycles. The van der Waals surface area contributed by atoms with Gasteiger partial charge in [-0.05, 0) is 50.7 Å². The van der Waals surface area contributed by atoms with E-state index in [1.165, 1.54) is 39.9 Å². The molecule has 6 nitrogen and oxygen atoms in total. The summed E-state index contributed by atoms with van der Waals surface area (Å²) in [5, 5.41) is 25.0. The van der Waals surface area contributed by atoms with Crippen LogP contribution in [0.4, 0.5) is 5.00 Å². The Hall–Kier alpha value is -2.41. The Labute approximate surface area is 206 Å². The Kier molecular flexibility index (Phi) is 7.68. The number of carbonyl (C=O) groups excluding carboxylic acids is 1. The summed E-state index contributed by atoms with van der Waals surface area (Å²) in [6.45, 7) is 8.61. The molecule has 0 atom stereocenters. The molecule has 1 aliphatic carbocycles. The number of carbonyl (C=O) groups is 1. The first-order valence-corrected chi connectivity index (χ1v) is 13.8. The minimum Gasteiger partial charge on any atom is -0.316 e. The Balaban J connectivity index is 1.49. The largest absolute Gasteiger partial charge is 0.316 e. The van der Waals surface area contributed by atoms with Gasteiger partial charge in [0, 0.05) is 27.2 Å². The summed E-state index contributed by atoms with van der Waals surface area (Å²) < 4.78 is 2.00. The fourth-order valence-electron chi connectivity index (χ4n) is 4.04. The van der Waals surface area contributed by atoms with E-state index in [1.807, 2.05) is 10.6 Å². The van der Waals surface area contributed by atoms with Crippen molar-refractivity contribution in [2.45, 2.75) is 64.1 Å². The number of rotatable bonds is 7. The van der Waals surface area contributed by atoms with E-state index in [1.54, 1.807) is 22.7 Å². The number of nitrogens with one attached hydrogen (secondary N) is 1. The number of allylic oxidation sites excluding steroid dienone is 1. The second-order valence-corrected chi connectivity index (χ2v) is 11.2. The highest BCUT2D eigenvalue weighted by Gasteiger charge is 2.22. The molecule has 0 radical (unpaired) electrons. The lowest BCUT2D eigenvalue weighted by atomic mass is 9.97. The molecular formula is C24H27N5OS3. The second-order valence-electron chi connectivity index (χ2n) is 8.11. The molecule has 4 rings (SSSR count). The molecule has 0 aromatic carbocycles. The average Bonchev–Trinajstić information content (AvgIpc) is 3.43. The van der Waals surface area contributed by atoms with Crippen LogP contribution in [0.1, 0.15) is 52.1 Å². The maximum atomic E-state index is 12.8. The van der Waals surface area contributed by atoms with Gasteiger partial charge in [0.15, 0.2) is 11.0 Å². The molecule has 33 heavy (non-hydrogen) atoms. The first-order valence-electron chi connectivity index (χ1n) is 11.1. The van der Waals surface area contributed by atoms with Gasteiger partial charge in [0.1, 0.15) is 11.1 Å². The molecule has 0 saturated heterocycles. The van der Waals surface area contributed by atoms with Crippen molar-refractivity contribution in [2.24, 2.45) is 0 Å². The van der Waals surface area contributed by atoms with E-state index in [0.717, 1.165) is 42.6 Å². The van der Waals surface area contributed by atoms with E-state index >= 15 is 0 Å². The molecule has 0 bridgehead atoms. The molecule has 0 saturated carbocycles. The van der Waals surface area contributed by atoms with E-state index in [0.29, 0.717) is 22.3 Å². The summed E-state index contributed by atoms with van der Waals surface area (Å²) in [7, 11) is 0. The number of hydrogen-bond acceptors (Lipinski definition) is 7. The molecule has 172 valence electrons. The number of nitriles is 1. The van der Waals surface area contributed by atoms with Gasteiger partial charge >= 0.3 is 0 Å². The van der Waals surface area contributed by atoms with E-state index in [-0.39, 0.29) is 11.7 Å². The minimum atomic E-state index is -0.136. The third-order valence-electron chi connectivity index (χ3n) is 5.92.